The lowest BCUT2D eigenvalue weighted by molar-refractivity contribution is -0.140. The van der Waals surface area contributed by atoms with E-state index in [4.69, 9.17) is 16.3 Å². The summed E-state index contributed by atoms with van der Waals surface area (Å²) in [7, 11) is 0. The highest BCUT2D eigenvalue weighted by Crippen LogP contribution is 2.49. The summed E-state index contributed by atoms with van der Waals surface area (Å²) in [5, 5.41) is 0.483. The van der Waals surface area contributed by atoms with Gasteiger partial charge in [-0.1, -0.05) is 42.8 Å². The molecule has 0 atom stereocenters. The van der Waals surface area contributed by atoms with Gasteiger partial charge < -0.3 is 9.47 Å². The van der Waals surface area contributed by atoms with Gasteiger partial charge in [-0.15, -0.1) is 0 Å². The van der Waals surface area contributed by atoms with E-state index in [0.29, 0.717) is 28.3 Å². The lowest BCUT2D eigenvalue weighted by Crippen LogP contribution is -2.21. The van der Waals surface area contributed by atoms with Gasteiger partial charge in [-0.25, -0.2) is 4.98 Å². The van der Waals surface area contributed by atoms with Crippen molar-refractivity contribution in [3.8, 4) is 22.8 Å². The second kappa shape index (κ2) is 9.25. The van der Waals surface area contributed by atoms with Crippen molar-refractivity contribution in [3.63, 3.8) is 0 Å². The molecule has 3 aromatic rings. The third-order valence-corrected chi connectivity index (χ3v) is 5.98. The van der Waals surface area contributed by atoms with Gasteiger partial charge in [0.2, 0.25) is 5.88 Å². The number of alkyl halides is 2. The lowest BCUT2D eigenvalue weighted by Gasteiger charge is -2.13. The number of hydrogen-bond acceptors (Lipinski definition) is 4. The average Bonchev–Trinajstić information content (AvgIpc) is 3.57. The van der Waals surface area contributed by atoms with Gasteiger partial charge in [-0.3, -0.25) is 4.79 Å². The van der Waals surface area contributed by atoms with Crippen LogP contribution in [0.5, 0.6) is 11.6 Å². The van der Waals surface area contributed by atoms with Crippen molar-refractivity contribution in [1.82, 2.24) is 4.98 Å². The maximum Gasteiger partial charge on any atom is 0.388 e. The van der Waals surface area contributed by atoms with Crippen LogP contribution in [0, 0.1) is 5.41 Å². The SMILES string of the molecule is CCC1(C(=O)Oc2ccc(Cc3cnc(OC(F)F)c(-c4cccc(Cl)c4)c3)cc2)CC1. The monoisotopic (exact) mass is 457 g/mol. The molecule has 1 saturated carbocycles. The standard InChI is InChI=1S/C25H22ClF2NO3/c1-2-25(10-11-25)23(30)31-20-8-6-16(7-9-20)12-17-13-21(18-4-3-5-19(26)14-18)22(29-15-17)32-24(27)28/h3-9,13-15,24H,2,10-12H2,1H3. The summed E-state index contributed by atoms with van der Waals surface area (Å²) in [5.41, 5.74) is 2.54. The molecule has 7 heteroatoms. The molecule has 1 fully saturated rings. The molecule has 0 spiro atoms. The Morgan fingerprint density at radius 3 is 2.50 bits per heavy atom. The van der Waals surface area contributed by atoms with E-state index < -0.39 is 6.61 Å². The first-order valence-corrected chi connectivity index (χ1v) is 10.8. The zero-order valence-corrected chi connectivity index (χ0v) is 18.2. The van der Waals surface area contributed by atoms with E-state index in [0.717, 1.165) is 30.4 Å². The number of ether oxygens (including phenoxy) is 2. The van der Waals surface area contributed by atoms with Crippen LogP contribution in [-0.2, 0) is 11.2 Å². The van der Waals surface area contributed by atoms with E-state index in [1.807, 2.05) is 19.1 Å². The molecule has 0 saturated heterocycles. The number of carbonyl (C=O) groups excluding carboxylic acids is 1. The zero-order chi connectivity index (χ0) is 22.7. The largest absolute Gasteiger partial charge is 0.426 e. The third-order valence-electron chi connectivity index (χ3n) is 5.75. The van der Waals surface area contributed by atoms with E-state index in [1.165, 1.54) is 6.20 Å². The number of hydrogen-bond donors (Lipinski definition) is 0. The predicted octanol–water partition coefficient (Wildman–Crippen LogP) is 6.69. The number of benzene rings is 2. The van der Waals surface area contributed by atoms with Crippen molar-refractivity contribution in [3.05, 3.63) is 76.9 Å². The molecule has 0 unspecified atom stereocenters. The van der Waals surface area contributed by atoms with Crippen LogP contribution in [0.2, 0.25) is 5.02 Å². The summed E-state index contributed by atoms with van der Waals surface area (Å²) in [5.74, 6) is 0.188. The van der Waals surface area contributed by atoms with Gasteiger partial charge in [0.1, 0.15) is 5.75 Å². The highest BCUT2D eigenvalue weighted by molar-refractivity contribution is 6.30. The molecule has 0 amide bonds. The van der Waals surface area contributed by atoms with E-state index in [9.17, 15) is 13.6 Å². The van der Waals surface area contributed by atoms with Gasteiger partial charge in [0.25, 0.3) is 0 Å². The Morgan fingerprint density at radius 1 is 1.12 bits per heavy atom. The van der Waals surface area contributed by atoms with Gasteiger partial charge in [0.15, 0.2) is 0 Å². The van der Waals surface area contributed by atoms with E-state index >= 15 is 0 Å². The van der Waals surface area contributed by atoms with E-state index in [1.54, 1.807) is 42.5 Å². The zero-order valence-electron chi connectivity index (χ0n) is 17.5. The summed E-state index contributed by atoms with van der Waals surface area (Å²) in [6.45, 7) is -0.982. The number of aromatic nitrogens is 1. The molecular formula is C25H22ClF2NO3. The minimum Gasteiger partial charge on any atom is -0.426 e. The van der Waals surface area contributed by atoms with E-state index in [-0.39, 0.29) is 17.3 Å². The van der Waals surface area contributed by atoms with Crippen LogP contribution in [0.25, 0.3) is 11.1 Å². The highest BCUT2D eigenvalue weighted by Gasteiger charge is 2.49. The Hall–Kier alpha value is -2.99. The van der Waals surface area contributed by atoms with E-state index in [2.05, 4.69) is 9.72 Å². The molecule has 1 heterocycles. The molecule has 166 valence electrons. The smallest absolute Gasteiger partial charge is 0.388 e. The van der Waals surface area contributed by atoms with Crippen LogP contribution in [-0.4, -0.2) is 17.6 Å². The van der Waals surface area contributed by atoms with Crippen LogP contribution in [0.4, 0.5) is 8.78 Å². The van der Waals surface area contributed by atoms with Gasteiger partial charge in [-0.2, -0.15) is 8.78 Å². The summed E-state index contributed by atoms with van der Waals surface area (Å²) in [6.07, 6.45) is 4.58. The number of pyridine rings is 1. The van der Waals surface area contributed by atoms with Crippen LogP contribution in [0.1, 0.15) is 37.3 Å². The minimum atomic E-state index is -2.98. The van der Waals surface area contributed by atoms with Crippen molar-refractivity contribution in [1.29, 1.82) is 0 Å². The Kier molecular flexibility index (Phi) is 6.42. The first-order valence-electron chi connectivity index (χ1n) is 10.4. The molecule has 0 bridgehead atoms. The van der Waals surface area contributed by atoms with Gasteiger partial charge >= 0.3 is 12.6 Å². The van der Waals surface area contributed by atoms with Crippen LogP contribution >= 0.6 is 11.6 Å². The van der Waals surface area contributed by atoms with Crippen LogP contribution < -0.4 is 9.47 Å². The fraction of sp³-hybridized carbons (Fsp3) is 0.280. The first-order chi connectivity index (χ1) is 15.4. The molecule has 0 aliphatic heterocycles. The van der Waals surface area contributed by atoms with Gasteiger partial charge in [-0.05, 0) is 72.7 Å². The summed E-state index contributed by atoms with van der Waals surface area (Å²) >= 11 is 6.07. The van der Waals surface area contributed by atoms with Gasteiger partial charge in [0.05, 0.1) is 5.41 Å². The third kappa shape index (κ3) is 5.07. The Labute approximate surface area is 190 Å². The Balaban J connectivity index is 1.52. The maximum absolute atomic E-state index is 12.8. The van der Waals surface area contributed by atoms with Crippen molar-refractivity contribution in [2.45, 2.75) is 39.2 Å². The molecule has 2 aromatic carbocycles. The molecule has 0 N–H and O–H groups in total. The highest BCUT2D eigenvalue weighted by atomic mass is 35.5. The summed E-state index contributed by atoms with van der Waals surface area (Å²) < 4.78 is 35.8. The normalized spacial score (nSPS) is 14.3. The Bertz CT molecular complexity index is 1110. The second-order valence-electron chi connectivity index (χ2n) is 7.93. The molecule has 4 rings (SSSR count). The maximum atomic E-state index is 12.8. The van der Waals surface area contributed by atoms with Crippen molar-refractivity contribution in [2.24, 2.45) is 5.41 Å². The minimum absolute atomic E-state index is 0.154. The fourth-order valence-electron chi connectivity index (χ4n) is 3.61. The second-order valence-corrected chi connectivity index (χ2v) is 8.37. The number of halogens is 3. The van der Waals surface area contributed by atoms with Crippen LogP contribution in [0.3, 0.4) is 0 Å². The topological polar surface area (TPSA) is 48.4 Å². The molecule has 1 aliphatic rings. The molecule has 32 heavy (non-hydrogen) atoms. The van der Waals surface area contributed by atoms with Crippen LogP contribution in [0.15, 0.2) is 60.8 Å². The number of nitrogens with zero attached hydrogens (tertiary/aromatic N) is 1. The molecule has 1 aliphatic carbocycles. The molecule has 1 aromatic heterocycles. The van der Waals surface area contributed by atoms with Crippen molar-refractivity contribution < 1.29 is 23.0 Å². The number of carbonyl (C=O) groups is 1. The number of rotatable bonds is 8. The molecular weight excluding hydrogens is 436 g/mol. The van der Waals surface area contributed by atoms with Gasteiger partial charge in [0, 0.05) is 16.8 Å². The van der Waals surface area contributed by atoms with Crippen molar-refractivity contribution >= 4 is 17.6 Å². The molecule has 4 nitrogen and oxygen atoms in total. The average molecular weight is 458 g/mol. The summed E-state index contributed by atoms with van der Waals surface area (Å²) in [4.78, 5) is 16.4. The predicted molar refractivity (Wildman–Crippen MR) is 118 cm³/mol. The van der Waals surface area contributed by atoms with Crippen molar-refractivity contribution in [2.75, 3.05) is 0 Å². The number of esters is 1. The fourth-order valence-corrected chi connectivity index (χ4v) is 3.80. The quantitative estimate of drug-likeness (QED) is 0.279. The Morgan fingerprint density at radius 2 is 1.88 bits per heavy atom. The molecule has 0 radical (unpaired) electrons. The first kappa shape index (κ1) is 22.2. The summed E-state index contributed by atoms with van der Waals surface area (Å²) in [6, 6.07) is 15.9. The lowest BCUT2D eigenvalue weighted by atomic mass is 10.0.